The topological polar surface area (TPSA) is 68.0 Å². The third-order valence-electron chi connectivity index (χ3n) is 3.80. The van der Waals surface area contributed by atoms with Gasteiger partial charge in [0.2, 0.25) is 5.91 Å². The summed E-state index contributed by atoms with van der Waals surface area (Å²) in [5, 5.41) is 2.78. The first-order valence-corrected chi connectivity index (χ1v) is 8.74. The van der Waals surface area contributed by atoms with Gasteiger partial charge in [0.15, 0.2) is 0 Å². The van der Waals surface area contributed by atoms with Crippen molar-refractivity contribution >= 4 is 17.5 Å². The molecule has 0 unspecified atom stereocenters. The molecule has 0 saturated heterocycles. The van der Waals surface area contributed by atoms with E-state index in [0.29, 0.717) is 18.1 Å². The Morgan fingerprint density at radius 1 is 1.00 bits per heavy atom. The maximum absolute atomic E-state index is 11.8. The van der Waals surface area contributed by atoms with E-state index in [2.05, 4.69) is 17.2 Å². The van der Waals surface area contributed by atoms with Crippen LogP contribution in [0.5, 0.6) is 0 Å². The van der Waals surface area contributed by atoms with E-state index in [-0.39, 0.29) is 5.91 Å². The lowest BCUT2D eigenvalue weighted by Crippen LogP contribution is -2.12. The molecule has 1 amide bonds. The minimum Gasteiger partial charge on any atom is -0.384 e. The average Bonchev–Trinajstić information content (AvgIpc) is 2.49. The SMILES string of the molecule is CCCCCCCCCCCCC(=O)Nc1cccc(N)n1. The van der Waals surface area contributed by atoms with Gasteiger partial charge in [-0.3, -0.25) is 4.79 Å². The third-order valence-corrected chi connectivity index (χ3v) is 3.80. The second kappa shape index (κ2) is 12.0. The fraction of sp³-hybridized carbons (Fsp3) is 0.667. The molecule has 0 spiro atoms. The maximum atomic E-state index is 11.8. The quantitative estimate of drug-likeness (QED) is 0.539. The molecular formula is C18H31N3O. The molecule has 22 heavy (non-hydrogen) atoms. The highest BCUT2D eigenvalue weighted by Crippen LogP contribution is 2.12. The Balaban J connectivity index is 1.95. The van der Waals surface area contributed by atoms with Gasteiger partial charge in [0, 0.05) is 6.42 Å². The van der Waals surface area contributed by atoms with Crippen molar-refractivity contribution in [3.8, 4) is 0 Å². The lowest BCUT2D eigenvalue weighted by molar-refractivity contribution is -0.116. The molecular weight excluding hydrogens is 274 g/mol. The molecule has 4 nitrogen and oxygen atoms in total. The summed E-state index contributed by atoms with van der Waals surface area (Å²) in [5.74, 6) is 0.992. The van der Waals surface area contributed by atoms with E-state index in [1.54, 1.807) is 18.2 Å². The van der Waals surface area contributed by atoms with Crippen LogP contribution in [0.3, 0.4) is 0 Å². The van der Waals surface area contributed by atoms with E-state index in [1.807, 2.05) is 0 Å². The van der Waals surface area contributed by atoms with Crippen molar-refractivity contribution in [1.82, 2.24) is 4.98 Å². The van der Waals surface area contributed by atoms with Gasteiger partial charge in [0.05, 0.1) is 0 Å². The number of hydrogen-bond acceptors (Lipinski definition) is 3. The highest BCUT2D eigenvalue weighted by molar-refractivity contribution is 5.89. The summed E-state index contributed by atoms with van der Waals surface area (Å²) in [6.45, 7) is 2.25. The molecule has 0 atom stereocenters. The van der Waals surface area contributed by atoms with Crippen molar-refractivity contribution in [2.75, 3.05) is 11.1 Å². The number of pyridine rings is 1. The first kappa shape index (κ1) is 18.5. The highest BCUT2D eigenvalue weighted by Gasteiger charge is 2.03. The summed E-state index contributed by atoms with van der Waals surface area (Å²) >= 11 is 0. The first-order chi connectivity index (χ1) is 10.7. The van der Waals surface area contributed by atoms with Crippen molar-refractivity contribution in [3.63, 3.8) is 0 Å². The third kappa shape index (κ3) is 9.37. The number of amides is 1. The van der Waals surface area contributed by atoms with E-state index >= 15 is 0 Å². The number of unbranched alkanes of at least 4 members (excludes halogenated alkanes) is 9. The molecule has 1 aromatic heterocycles. The second-order valence-corrected chi connectivity index (χ2v) is 5.93. The Morgan fingerprint density at radius 2 is 1.59 bits per heavy atom. The Hall–Kier alpha value is -1.58. The zero-order chi connectivity index (χ0) is 16.0. The number of rotatable bonds is 12. The molecule has 0 aliphatic rings. The van der Waals surface area contributed by atoms with Crippen LogP contribution in [-0.2, 0) is 4.79 Å². The van der Waals surface area contributed by atoms with Crippen molar-refractivity contribution in [1.29, 1.82) is 0 Å². The normalized spacial score (nSPS) is 10.6. The van der Waals surface area contributed by atoms with E-state index in [1.165, 1.54) is 51.4 Å². The maximum Gasteiger partial charge on any atom is 0.225 e. The summed E-state index contributed by atoms with van der Waals surface area (Å²) in [6.07, 6.45) is 13.3. The van der Waals surface area contributed by atoms with Crippen LogP contribution < -0.4 is 11.1 Å². The van der Waals surface area contributed by atoms with Crippen LogP contribution in [0.25, 0.3) is 0 Å². The number of anilines is 2. The molecule has 0 saturated carbocycles. The van der Waals surface area contributed by atoms with Crippen molar-refractivity contribution in [2.24, 2.45) is 0 Å². The smallest absolute Gasteiger partial charge is 0.225 e. The second-order valence-electron chi connectivity index (χ2n) is 5.93. The Labute approximate surface area is 134 Å². The van der Waals surface area contributed by atoms with E-state index in [0.717, 1.165) is 12.8 Å². The largest absolute Gasteiger partial charge is 0.384 e. The van der Waals surface area contributed by atoms with Gasteiger partial charge in [0.1, 0.15) is 11.6 Å². The van der Waals surface area contributed by atoms with Gasteiger partial charge in [-0.25, -0.2) is 4.98 Å². The van der Waals surface area contributed by atoms with Crippen molar-refractivity contribution < 1.29 is 4.79 Å². The lowest BCUT2D eigenvalue weighted by atomic mass is 10.1. The van der Waals surface area contributed by atoms with Crippen LogP contribution >= 0.6 is 0 Å². The summed E-state index contributed by atoms with van der Waals surface area (Å²) in [6, 6.07) is 5.25. The number of nitrogen functional groups attached to an aromatic ring is 1. The number of nitrogens with two attached hydrogens (primary N) is 1. The van der Waals surface area contributed by atoms with Gasteiger partial charge in [-0.05, 0) is 18.6 Å². The Morgan fingerprint density at radius 3 is 2.18 bits per heavy atom. The molecule has 0 radical (unpaired) electrons. The molecule has 0 aliphatic carbocycles. The molecule has 1 rings (SSSR count). The van der Waals surface area contributed by atoms with E-state index in [9.17, 15) is 4.79 Å². The predicted molar refractivity (Wildman–Crippen MR) is 93.7 cm³/mol. The van der Waals surface area contributed by atoms with Crippen LogP contribution in [0.15, 0.2) is 18.2 Å². The summed E-state index contributed by atoms with van der Waals surface area (Å²) < 4.78 is 0. The van der Waals surface area contributed by atoms with Gasteiger partial charge in [-0.2, -0.15) is 0 Å². The molecule has 1 heterocycles. The standard InChI is InChI=1S/C18H31N3O/c1-2-3-4-5-6-7-8-9-10-11-15-18(22)21-17-14-12-13-16(19)20-17/h12-14H,2-11,15H2,1H3,(H3,19,20,21,22). The van der Waals surface area contributed by atoms with E-state index < -0.39 is 0 Å². The number of carbonyl (C=O) groups excluding carboxylic acids is 1. The Kier molecular flexibility index (Phi) is 10.1. The van der Waals surface area contributed by atoms with Gasteiger partial charge < -0.3 is 11.1 Å². The molecule has 0 bridgehead atoms. The predicted octanol–water partition coefficient (Wildman–Crippen LogP) is 4.91. The van der Waals surface area contributed by atoms with Crippen LogP contribution in [0.1, 0.15) is 77.6 Å². The molecule has 0 aromatic carbocycles. The molecule has 124 valence electrons. The minimum atomic E-state index is 0.0256. The average molecular weight is 305 g/mol. The Bertz CT molecular complexity index is 421. The molecule has 0 aliphatic heterocycles. The van der Waals surface area contributed by atoms with Crippen molar-refractivity contribution in [2.45, 2.75) is 77.6 Å². The number of hydrogen-bond donors (Lipinski definition) is 2. The number of aromatic nitrogens is 1. The summed E-state index contributed by atoms with van der Waals surface area (Å²) in [7, 11) is 0. The molecule has 3 N–H and O–H groups in total. The monoisotopic (exact) mass is 305 g/mol. The van der Waals surface area contributed by atoms with Crippen LogP contribution in [-0.4, -0.2) is 10.9 Å². The van der Waals surface area contributed by atoms with Gasteiger partial charge in [0.25, 0.3) is 0 Å². The minimum absolute atomic E-state index is 0.0256. The molecule has 4 heteroatoms. The number of nitrogens with zero attached hydrogens (tertiary/aromatic N) is 1. The van der Waals surface area contributed by atoms with Crippen molar-refractivity contribution in [3.05, 3.63) is 18.2 Å². The summed E-state index contributed by atoms with van der Waals surface area (Å²) in [4.78, 5) is 15.8. The molecule has 0 fully saturated rings. The van der Waals surface area contributed by atoms with Crippen LogP contribution in [0.4, 0.5) is 11.6 Å². The van der Waals surface area contributed by atoms with Gasteiger partial charge in [-0.15, -0.1) is 0 Å². The fourth-order valence-corrected chi connectivity index (χ4v) is 2.50. The fourth-order valence-electron chi connectivity index (χ4n) is 2.50. The zero-order valence-electron chi connectivity index (χ0n) is 13.9. The van der Waals surface area contributed by atoms with Crippen LogP contribution in [0, 0.1) is 0 Å². The van der Waals surface area contributed by atoms with Gasteiger partial charge >= 0.3 is 0 Å². The first-order valence-electron chi connectivity index (χ1n) is 8.74. The zero-order valence-corrected chi connectivity index (χ0v) is 13.9. The van der Waals surface area contributed by atoms with Gasteiger partial charge in [-0.1, -0.05) is 70.8 Å². The lowest BCUT2D eigenvalue weighted by Gasteiger charge is -2.05. The number of carbonyl (C=O) groups is 1. The van der Waals surface area contributed by atoms with Crippen LogP contribution in [0.2, 0.25) is 0 Å². The number of nitrogens with one attached hydrogen (secondary N) is 1. The molecule has 1 aromatic rings. The summed E-state index contributed by atoms with van der Waals surface area (Å²) in [5.41, 5.74) is 5.58. The highest BCUT2D eigenvalue weighted by atomic mass is 16.1. The van der Waals surface area contributed by atoms with E-state index in [4.69, 9.17) is 5.73 Å².